The van der Waals surface area contributed by atoms with Gasteiger partial charge in [-0.25, -0.2) is 0 Å². The molecule has 0 aliphatic heterocycles. The highest BCUT2D eigenvalue weighted by Gasteiger charge is 2.20. The molecule has 17 heavy (non-hydrogen) atoms. The average Bonchev–Trinajstić information content (AvgIpc) is 2.98. The molecule has 1 fully saturated rings. The Balaban J connectivity index is 2.29. The van der Waals surface area contributed by atoms with Gasteiger partial charge < -0.3 is 9.55 Å². The van der Waals surface area contributed by atoms with Crippen LogP contribution in [0.2, 0.25) is 0 Å². The number of H-pyrrole nitrogens is 1. The van der Waals surface area contributed by atoms with Crippen LogP contribution in [-0.2, 0) is 0 Å². The molecule has 1 saturated carbocycles. The predicted molar refractivity (Wildman–Crippen MR) is 64.8 cm³/mol. The molecule has 4 heteroatoms. The molecule has 1 aliphatic carbocycles. The smallest absolute Gasteiger partial charge is 0.257 e. The summed E-state index contributed by atoms with van der Waals surface area (Å²) >= 11 is 0. The second kappa shape index (κ2) is 3.77. The van der Waals surface area contributed by atoms with E-state index < -0.39 is 0 Å². The van der Waals surface area contributed by atoms with E-state index in [4.69, 9.17) is 5.26 Å². The molecule has 0 amide bonds. The van der Waals surface area contributed by atoms with E-state index in [0.717, 1.165) is 18.4 Å². The summed E-state index contributed by atoms with van der Waals surface area (Å²) in [6.45, 7) is 0. The number of nitriles is 1. The van der Waals surface area contributed by atoms with Crippen LogP contribution in [0.3, 0.4) is 0 Å². The predicted octanol–water partition coefficient (Wildman–Crippen LogP) is 2.32. The molecule has 2 aromatic heterocycles. The van der Waals surface area contributed by atoms with Crippen LogP contribution in [0, 0.1) is 11.3 Å². The molecule has 0 radical (unpaired) electrons. The molecule has 3 rings (SSSR count). The Morgan fingerprint density at radius 1 is 1.41 bits per heavy atom. The van der Waals surface area contributed by atoms with E-state index in [1.54, 1.807) is 0 Å². The van der Waals surface area contributed by atoms with E-state index in [2.05, 4.69) is 15.6 Å². The fourth-order valence-electron chi connectivity index (χ4n) is 2.77. The van der Waals surface area contributed by atoms with E-state index >= 15 is 0 Å². The molecule has 4 nitrogen and oxygen atoms in total. The molecular formula is C13H13N3O. The first kappa shape index (κ1) is 10.2. The van der Waals surface area contributed by atoms with Gasteiger partial charge >= 0.3 is 0 Å². The van der Waals surface area contributed by atoms with Crippen LogP contribution >= 0.6 is 0 Å². The summed E-state index contributed by atoms with van der Waals surface area (Å²) in [5.41, 5.74) is 1.23. The van der Waals surface area contributed by atoms with Crippen molar-refractivity contribution in [3.05, 3.63) is 34.4 Å². The Labute approximate surface area is 98.5 Å². The van der Waals surface area contributed by atoms with Crippen molar-refractivity contribution in [2.24, 2.45) is 0 Å². The summed E-state index contributed by atoms with van der Waals surface area (Å²) in [6.07, 6.45) is 8.20. The Bertz CT molecular complexity index is 653. The molecule has 2 heterocycles. The van der Waals surface area contributed by atoms with Crippen LogP contribution < -0.4 is 5.56 Å². The van der Waals surface area contributed by atoms with Gasteiger partial charge in [-0.2, -0.15) is 5.26 Å². The number of pyridine rings is 1. The summed E-state index contributed by atoms with van der Waals surface area (Å²) in [6, 6.07) is 4.41. The highest BCUT2D eigenvalue weighted by atomic mass is 16.1. The number of rotatable bonds is 1. The van der Waals surface area contributed by atoms with E-state index in [9.17, 15) is 4.79 Å². The van der Waals surface area contributed by atoms with E-state index in [0.29, 0.717) is 17.0 Å². The van der Waals surface area contributed by atoms with Crippen LogP contribution in [0.4, 0.5) is 0 Å². The number of hydrogen-bond acceptors (Lipinski definition) is 2. The topological polar surface area (TPSA) is 61.6 Å². The first-order chi connectivity index (χ1) is 8.31. The average molecular weight is 227 g/mol. The second-order valence-electron chi connectivity index (χ2n) is 4.57. The number of nitrogens with zero attached hydrogens (tertiary/aromatic N) is 2. The van der Waals surface area contributed by atoms with Crippen molar-refractivity contribution in [1.29, 1.82) is 5.26 Å². The summed E-state index contributed by atoms with van der Waals surface area (Å²) in [7, 11) is 0. The second-order valence-corrected chi connectivity index (χ2v) is 4.57. The lowest BCUT2D eigenvalue weighted by Gasteiger charge is -2.13. The fraction of sp³-hybridized carbons (Fsp3) is 0.385. The molecule has 0 bridgehead atoms. The monoisotopic (exact) mass is 227 g/mol. The molecule has 0 aromatic carbocycles. The van der Waals surface area contributed by atoms with Crippen LogP contribution in [0.15, 0.2) is 23.3 Å². The lowest BCUT2D eigenvalue weighted by Crippen LogP contribution is -2.09. The van der Waals surface area contributed by atoms with Crippen LogP contribution in [0.5, 0.6) is 0 Å². The summed E-state index contributed by atoms with van der Waals surface area (Å²) in [4.78, 5) is 14.3. The van der Waals surface area contributed by atoms with Crippen molar-refractivity contribution in [3.63, 3.8) is 0 Å². The third-order valence-corrected chi connectivity index (χ3v) is 3.60. The number of aromatic nitrogens is 2. The van der Waals surface area contributed by atoms with Gasteiger partial charge in [0.25, 0.3) is 5.56 Å². The maximum atomic E-state index is 11.7. The minimum atomic E-state index is -0.115. The summed E-state index contributed by atoms with van der Waals surface area (Å²) < 4.78 is 2.11. The highest BCUT2D eigenvalue weighted by molar-refractivity contribution is 5.84. The Kier molecular flexibility index (Phi) is 2.25. The first-order valence-electron chi connectivity index (χ1n) is 5.93. The maximum absolute atomic E-state index is 11.7. The third-order valence-electron chi connectivity index (χ3n) is 3.60. The molecule has 0 saturated heterocycles. The summed E-state index contributed by atoms with van der Waals surface area (Å²) in [5, 5.41) is 9.75. The van der Waals surface area contributed by atoms with Gasteiger partial charge in [-0.3, -0.25) is 4.79 Å². The van der Waals surface area contributed by atoms with Crippen molar-refractivity contribution >= 4 is 10.9 Å². The molecule has 86 valence electrons. The quantitative estimate of drug-likeness (QED) is 0.812. The minimum Gasteiger partial charge on any atom is -0.343 e. The highest BCUT2D eigenvalue weighted by Crippen LogP contribution is 2.32. The van der Waals surface area contributed by atoms with E-state index in [1.165, 1.54) is 19.0 Å². The standard InChI is InChI=1S/C13H13N3O/c14-7-9-8-15-13(17)11-5-6-16(12(9)11)10-3-1-2-4-10/h5-6,8,10H,1-4H2,(H,15,17). The van der Waals surface area contributed by atoms with E-state index in [1.807, 2.05) is 12.3 Å². The van der Waals surface area contributed by atoms with Crippen molar-refractivity contribution in [2.75, 3.05) is 0 Å². The number of aromatic amines is 1. The molecule has 0 atom stereocenters. The SMILES string of the molecule is N#Cc1c[nH]c(=O)c2ccn(C3CCCC3)c12. The van der Waals surface area contributed by atoms with Crippen LogP contribution in [0.1, 0.15) is 37.3 Å². The Morgan fingerprint density at radius 3 is 2.88 bits per heavy atom. The molecule has 1 N–H and O–H groups in total. The third kappa shape index (κ3) is 1.47. The minimum absolute atomic E-state index is 0.115. The molecule has 1 aliphatic rings. The summed E-state index contributed by atoms with van der Waals surface area (Å²) in [5.74, 6) is 0. The Hall–Kier alpha value is -2.02. The van der Waals surface area contributed by atoms with Crippen molar-refractivity contribution in [2.45, 2.75) is 31.7 Å². The molecular weight excluding hydrogens is 214 g/mol. The van der Waals surface area contributed by atoms with Crippen LogP contribution in [-0.4, -0.2) is 9.55 Å². The number of hydrogen-bond donors (Lipinski definition) is 1. The first-order valence-corrected chi connectivity index (χ1v) is 5.93. The molecule has 2 aromatic rings. The van der Waals surface area contributed by atoms with Crippen molar-refractivity contribution in [3.8, 4) is 6.07 Å². The van der Waals surface area contributed by atoms with E-state index in [-0.39, 0.29) is 5.56 Å². The van der Waals surface area contributed by atoms with Crippen LogP contribution in [0.25, 0.3) is 10.9 Å². The normalized spacial score (nSPS) is 16.4. The Morgan fingerprint density at radius 2 is 2.18 bits per heavy atom. The lowest BCUT2D eigenvalue weighted by molar-refractivity contribution is 0.535. The fourth-order valence-corrected chi connectivity index (χ4v) is 2.77. The van der Waals surface area contributed by atoms with Gasteiger partial charge in [0.2, 0.25) is 0 Å². The van der Waals surface area contributed by atoms with Gasteiger partial charge in [0, 0.05) is 18.4 Å². The van der Waals surface area contributed by atoms with Gasteiger partial charge in [-0.15, -0.1) is 0 Å². The van der Waals surface area contributed by atoms with Gasteiger partial charge in [-0.05, 0) is 18.9 Å². The molecule has 0 spiro atoms. The van der Waals surface area contributed by atoms with Crippen molar-refractivity contribution < 1.29 is 0 Å². The van der Waals surface area contributed by atoms with Gasteiger partial charge in [0.15, 0.2) is 0 Å². The zero-order valence-electron chi connectivity index (χ0n) is 9.44. The van der Waals surface area contributed by atoms with Gasteiger partial charge in [0.1, 0.15) is 6.07 Å². The largest absolute Gasteiger partial charge is 0.343 e. The zero-order chi connectivity index (χ0) is 11.8. The van der Waals surface area contributed by atoms with Gasteiger partial charge in [0.05, 0.1) is 16.5 Å². The maximum Gasteiger partial charge on any atom is 0.257 e. The molecule has 0 unspecified atom stereocenters. The zero-order valence-corrected chi connectivity index (χ0v) is 9.44. The number of fused-ring (bicyclic) bond motifs is 1. The van der Waals surface area contributed by atoms with Crippen molar-refractivity contribution in [1.82, 2.24) is 9.55 Å². The lowest BCUT2D eigenvalue weighted by atomic mass is 10.2. The number of nitrogens with one attached hydrogen (secondary N) is 1. The van der Waals surface area contributed by atoms with Gasteiger partial charge in [-0.1, -0.05) is 12.8 Å².